The molecule has 0 aromatic heterocycles. The molecule has 1 fully saturated rings. The minimum atomic E-state index is -0.802. The zero-order valence-electron chi connectivity index (χ0n) is 14.6. The van der Waals surface area contributed by atoms with Crippen LogP contribution in [0.5, 0.6) is 5.75 Å². The molecular weight excluding hydrogens is 342 g/mol. The number of amides is 1. The molecule has 1 amide bonds. The Hall–Kier alpha value is -1.97. The third-order valence-electron chi connectivity index (χ3n) is 4.11. The Bertz CT molecular complexity index is 643. The monoisotopic (exact) mass is 365 g/mol. The van der Waals surface area contributed by atoms with Gasteiger partial charge < -0.3 is 20.1 Å². The Morgan fingerprint density at radius 3 is 2.84 bits per heavy atom. The van der Waals surface area contributed by atoms with Crippen LogP contribution in [0.3, 0.4) is 0 Å². The van der Waals surface area contributed by atoms with Gasteiger partial charge in [0.2, 0.25) is 5.91 Å². The van der Waals surface area contributed by atoms with Crippen LogP contribution in [0.15, 0.2) is 18.2 Å². The Labute approximate surface area is 153 Å². The molecule has 7 heteroatoms. The van der Waals surface area contributed by atoms with Crippen LogP contribution in [0.2, 0.25) is 5.02 Å². The Morgan fingerprint density at radius 1 is 1.44 bits per heavy atom. The molecule has 25 heavy (non-hydrogen) atoms. The highest BCUT2D eigenvalue weighted by Gasteiger charge is 2.42. The van der Waals surface area contributed by atoms with Crippen molar-refractivity contribution in [1.82, 2.24) is 5.32 Å². The van der Waals surface area contributed by atoms with Gasteiger partial charge in [-0.3, -0.25) is 4.79 Å². The SMILES string of the molecule is CCOCCOc1c(Cl)cccc1NCC(=O)N[C@@](C)(C#N)C1CC1. The number of hydrogen-bond acceptors (Lipinski definition) is 5. The molecule has 1 atom stereocenters. The molecular formula is C18H24ClN3O3. The standard InChI is InChI=1S/C18H24ClN3O3/c1-3-24-9-10-25-17-14(19)5-4-6-15(17)21-11-16(23)22-18(2,12-20)13-7-8-13/h4-6,13,21H,3,7-11H2,1-2H3,(H,22,23)/t18-/m0/s1. The van der Waals surface area contributed by atoms with E-state index >= 15 is 0 Å². The summed E-state index contributed by atoms with van der Waals surface area (Å²) in [5.41, 5.74) is -0.173. The number of nitrogens with one attached hydrogen (secondary N) is 2. The molecule has 1 aromatic rings. The van der Waals surface area contributed by atoms with E-state index in [9.17, 15) is 10.1 Å². The van der Waals surface area contributed by atoms with E-state index in [0.29, 0.717) is 36.3 Å². The van der Waals surface area contributed by atoms with Gasteiger partial charge in [-0.2, -0.15) is 5.26 Å². The smallest absolute Gasteiger partial charge is 0.240 e. The average molecular weight is 366 g/mol. The van der Waals surface area contributed by atoms with Crippen molar-refractivity contribution >= 4 is 23.2 Å². The molecule has 0 radical (unpaired) electrons. The molecule has 0 aliphatic heterocycles. The van der Waals surface area contributed by atoms with Crippen molar-refractivity contribution in [2.24, 2.45) is 5.92 Å². The normalized spacial score (nSPS) is 15.8. The summed E-state index contributed by atoms with van der Waals surface area (Å²) in [7, 11) is 0. The molecule has 1 aromatic carbocycles. The number of benzene rings is 1. The highest BCUT2D eigenvalue weighted by molar-refractivity contribution is 6.32. The summed E-state index contributed by atoms with van der Waals surface area (Å²) in [5.74, 6) is 0.489. The van der Waals surface area contributed by atoms with Crippen LogP contribution in [-0.2, 0) is 9.53 Å². The number of para-hydroxylation sites is 1. The van der Waals surface area contributed by atoms with Crippen molar-refractivity contribution in [2.75, 3.05) is 31.7 Å². The fraction of sp³-hybridized carbons (Fsp3) is 0.556. The summed E-state index contributed by atoms with van der Waals surface area (Å²) in [6.07, 6.45) is 1.95. The molecule has 136 valence electrons. The first-order chi connectivity index (χ1) is 12.0. The summed E-state index contributed by atoms with van der Waals surface area (Å²) in [6.45, 7) is 5.17. The maximum atomic E-state index is 12.2. The second-order valence-electron chi connectivity index (χ2n) is 6.15. The average Bonchev–Trinajstić information content (AvgIpc) is 3.44. The zero-order valence-corrected chi connectivity index (χ0v) is 15.4. The van der Waals surface area contributed by atoms with E-state index in [1.165, 1.54) is 0 Å². The van der Waals surface area contributed by atoms with Crippen molar-refractivity contribution in [2.45, 2.75) is 32.2 Å². The number of carbonyl (C=O) groups excluding carboxylic acids is 1. The lowest BCUT2D eigenvalue weighted by Crippen LogP contribution is -2.48. The van der Waals surface area contributed by atoms with Gasteiger partial charge in [0.1, 0.15) is 12.1 Å². The first-order valence-corrected chi connectivity index (χ1v) is 8.83. The van der Waals surface area contributed by atoms with Crippen LogP contribution in [0.4, 0.5) is 5.69 Å². The first-order valence-electron chi connectivity index (χ1n) is 8.45. The largest absolute Gasteiger partial charge is 0.487 e. The topological polar surface area (TPSA) is 83.4 Å². The molecule has 2 N–H and O–H groups in total. The number of rotatable bonds is 10. The molecule has 0 heterocycles. The van der Waals surface area contributed by atoms with Gasteiger partial charge in [0.05, 0.1) is 29.9 Å². The van der Waals surface area contributed by atoms with Gasteiger partial charge in [-0.05, 0) is 44.7 Å². The predicted octanol–water partition coefficient (Wildman–Crippen LogP) is 2.98. The van der Waals surface area contributed by atoms with Crippen LogP contribution < -0.4 is 15.4 Å². The van der Waals surface area contributed by atoms with E-state index in [4.69, 9.17) is 21.1 Å². The summed E-state index contributed by atoms with van der Waals surface area (Å²) < 4.78 is 10.9. The maximum Gasteiger partial charge on any atom is 0.240 e. The molecule has 0 spiro atoms. The molecule has 0 unspecified atom stereocenters. The van der Waals surface area contributed by atoms with Crippen LogP contribution in [0.1, 0.15) is 26.7 Å². The quantitative estimate of drug-likeness (QED) is 0.623. The fourth-order valence-corrected chi connectivity index (χ4v) is 2.76. The molecule has 2 rings (SSSR count). The van der Waals surface area contributed by atoms with E-state index < -0.39 is 5.54 Å². The Morgan fingerprint density at radius 2 is 2.20 bits per heavy atom. The van der Waals surface area contributed by atoms with Crippen LogP contribution in [0, 0.1) is 17.2 Å². The van der Waals surface area contributed by atoms with E-state index in [-0.39, 0.29) is 18.4 Å². The number of hydrogen-bond donors (Lipinski definition) is 2. The number of halogens is 1. The molecule has 6 nitrogen and oxygen atoms in total. The van der Waals surface area contributed by atoms with Crippen molar-refractivity contribution < 1.29 is 14.3 Å². The number of carbonyl (C=O) groups is 1. The number of nitriles is 1. The first kappa shape index (κ1) is 19.4. The van der Waals surface area contributed by atoms with Crippen LogP contribution in [-0.4, -0.2) is 37.8 Å². The maximum absolute atomic E-state index is 12.2. The molecule has 1 aliphatic rings. The van der Waals surface area contributed by atoms with Crippen LogP contribution in [0.25, 0.3) is 0 Å². The number of ether oxygens (including phenoxy) is 2. The van der Waals surface area contributed by atoms with E-state index in [2.05, 4.69) is 16.7 Å². The third kappa shape index (κ3) is 5.52. The molecule has 1 aliphatic carbocycles. The lowest BCUT2D eigenvalue weighted by molar-refractivity contribution is -0.120. The third-order valence-corrected chi connectivity index (χ3v) is 4.41. The van der Waals surface area contributed by atoms with Crippen molar-refractivity contribution in [3.8, 4) is 11.8 Å². The minimum absolute atomic E-state index is 0.0339. The van der Waals surface area contributed by atoms with Crippen molar-refractivity contribution in [3.05, 3.63) is 23.2 Å². The number of anilines is 1. The highest BCUT2D eigenvalue weighted by atomic mass is 35.5. The highest BCUT2D eigenvalue weighted by Crippen LogP contribution is 2.39. The summed E-state index contributed by atoms with van der Waals surface area (Å²) >= 11 is 6.19. The Balaban J connectivity index is 1.92. The predicted molar refractivity (Wildman–Crippen MR) is 96.8 cm³/mol. The number of nitrogens with zero attached hydrogens (tertiary/aromatic N) is 1. The van der Waals surface area contributed by atoms with Crippen LogP contribution >= 0.6 is 11.6 Å². The van der Waals surface area contributed by atoms with E-state index in [1.54, 1.807) is 25.1 Å². The molecule has 1 saturated carbocycles. The van der Waals surface area contributed by atoms with Crippen molar-refractivity contribution in [1.29, 1.82) is 5.26 Å². The lowest BCUT2D eigenvalue weighted by atomic mass is 9.98. The minimum Gasteiger partial charge on any atom is -0.487 e. The van der Waals surface area contributed by atoms with Gasteiger partial charge in [-0.15, -0.1) is 0 Å². The molecule has 0 bridgehead atoms. The van der Waals surface area contributed by atoms with E-state index in [0.717, 1.165) is 12.8 Å². The molecule has 0 saturated heterocycles. The van der Waals surface area contributed by atoms with E-state index in [1.807, 2.05) is 6.92 Å². The van der Waals surface area contributed by atoms with Gasteiger partial charge in [0.15, 0.2) is 5.75 Å². The fourth-order valence-electron chi connectivity index (χ4n) is 2.53. The summed E-state index contributed by atoms with van der Waals surface area (Å²) in [5, 5.41) is 15.6. The second-order valence-corrected chi connectivity index (χ2v) is 6.56. The summed E-state index contributed by atoms with van der Waals surface area (Å²) in [6, 6.07) is 7.51. The summed E-state index contributed by atoms with van der Waals surface area (Å²) in [4.78, 5) is 12.2. The second kappa shape index (κ2) is 8.93. The van der Waals surface area contributed by atoms with Gasteiger partial charge in [-0.25, -0.2) is 0 Å². The van der Waals surface area contributed by atoms with Crippen molar-refractivity contribution in [3.63, 3.8) is 0 Å². The Kier molecular flexibility index (Phi) is 6.91. The zero-order chi connectivity index (χ0) is 18.3. The van der Waals surface area contributed by atoms with Gasteiger partial charge in [0.25, 0.3) is 0 Å². The van der Waals surface area contributed by atoms with Gasteiger partial charge in [0, 0.05) is 6.61 Å². The van der Waals surface area contributed by atoms with Gasteiger partial charge >= 0.3 is 0 Å². The van der Waals surface area contributed by atoms with Gasteiger partial charge in [-0.1, -0.05) is 17.7 Å². The lowest BCUT2D eigenvalue weighted by Gasteiger charge is -2.23.